The highest BCUT2D eigenvalue weighted by Gasteiger charge is 2.34. The molecule has 0 saturated carbocycles. The summed E-state index contributed by atoms with van der Waals surface area (Å²) in [4.78, 5) is 25.4. The van der Waals surface area contributed by atoms with Crippen molar-refractivity contribution in [3.8, 4) is 0 Å². The number of likely N-dealkylation sites (tertiary alicyclic amines) is 1. The lowest BCUT2D eigenvalue weighted by molar-refractivity contribution is -0.136. The molecule has 5 nitrogen and oxygen atoms in total. The van der Waals surface area contributed by atoms with Gasteiger partial charge in [-0.1, -0.05) is 6.92 Å². The Morgan fingerprint density at radius 2 is 1.85 bits per heavy atom. The smallest absolute Gasteiger partial charge is 0.407 e. The van der Waals surface area contributed by atoms with Gasteiger partial charge < -0.3 is 15.0 Å². The minimum Gasteiger partial charge on any atom is -0.444 e. The Labute approximate surface area is 122 Å². The standard InChI is InChI=1S/C15H28N2O3/c1-10-7-8-13(17(11(10)2)12(3)18)9-16-14(19)20-15(4,5)6/h10-11,13H,7-9H2,1-6H3,(H,16,19). The van der Waals surface area contributed by atoms with Gasteiger partial charge in [0.05, 0.1) is 0 Å². The minimum absolute atomic E-state index is 0.0613. The van der Waals surface area contributed by atoms with Gasteiger partial charge in [0.2, 0.25) is 5.91 Å². The number of carbonyl (C=O) groups excluding carboxylic acids is 2. The van der Waals surface area contributed by atoms with Crippen LogP contribution in [0.15, 0.2) is 0 Å². The average Bonchev–Trinajstić information content (AvgIpc) is 2.27. The van der Waals surface area contributed by atoms with E-state index >= 15 is 0 Å². The molecule has 1 rings (SSSR count). The fourth-order valence-electron chi connectivity index (χ4n) is 2.70. The van der Waals surface area contributed by atoms with Gasteiger partial charge >= 0.3 is 6.09 Å². The number of hydrogen-bond donors (Lipinski definition) is 1. The highest BCUT2D eigenvalue weighted by atomic mass is 16.6. The van der Waals surface area contributed by atoms with E-state index in [0.717, 1.165) is 12.8 Å². The van der Waals surface area contributed by atoms with E-state index in [1.165, 1.54) is 0 Å². The molecule has 3 unspecified atom stereocenters. The molecule has 0 aliphatic carbocycles. The lowest BCUT2D eigenvalue weighted by Crippen LogP contribution is -2.55. The molecule has 0 aromatic heterocycles. The highest BCUT2D eigenvalue weighted by molar-refractivity contribution is 5.74. The van der Waals surface area contributed by atoms with Gasteiger partial charge in [0.15, 0.2) is 0 Å². The first kappa shape index (κ1) is 16.8. The molecule has 5 heteroatoms. The number of carbonyl (C=O) groups is 2. The second-order valence-electron chi connectivity index (χ2n) is 6.76. The Hall–Kier alpha value is -1.26. The summed E-state index contributed by atoms with van der Waals surface area (Å²) in [7, 11) is 0. The number of piperidine rings is 1. The maximum absolute atomic E-state index is 11.8. The van der Waals surface area contributed by atoms with Crippen LogP contribution >= 0.6 is 0 Å². The van der Waals surface area contributed by atoms with Crippen molar-refractivity contribution in [2.45, 2.75) is 72.1 Å². The Morgan fingerprint density at radius 3 is 2.35 bits per heavy atom. The van der Waals surface area contributed by atoms with Crippen LogP contribution in [0.3, 0.4) is 0 Å². The summed E-state index contributed by atoms with van der Waals surface area (Å²) < 4.78 is 5.22. The van der Waals surface area contributed by atoms with Crippen molar-refractivity contribution in [1.29, 1.82) is 0 Å². The molecule has 116 valence electrons. The van der Waals surface area contributed by atoms with E-state index in [4.69, 9.17) is 4.74 Å². The quantitative estimate of drug-likeness (QED) is 0.847. The third-order valence-corrected chi connectivity index (χ3v) is 3.86. The predicted octanol–water partition coefficient (Wildman–Crippen LogP) is 2.55. The van der Waals surface area contributed by atoms with Crippen molar-refractivity contribution in [3.05, 3.63) is 0 Å². The summed E-state index contributed by atoms with van der Waals surface area (Å²) in [6.45, 7) is 11.8. The molecular formula is C15H28N2O3. The monoisotopic (exact) mass is 284 g/mol. The van der Waals surface area contributed by atoms with Crippen molar-refractivity contribution in [3.63, 3.8) is 0 Å². The van der Waals surface area contributed by atoms with Crippen molar-refractivity contribution in [1.82, 2.24) is 10.2 Å². The molecule has 1 aliphatic rings. The van der Waals surface area contributed by atoms with Crippen LogP contribution in [0, 0.1) is 5.92 Å². The summed E-state index contributed by atoms with van der Waals surface area (Å²) in [5.41, 5.74) is -0.501. The van der Waals surface area contributed by atoms with Gasteiger partial charge in [-0.3, -0.25) is 4.79 Å². The molecule has 0 aromatic carbocycles. The molecule has 0 aromatic rings. The van der Waals surface area contributed by atoms with Gasteiger partial charge in [-0.05, 0) is 46.5 Å². The maximum Gasteiger partial charge on any atom is 0.407 e. The first-order chi connectivity index (χ1) is 9.11. The molecule has 1 aliphatic heterocycles. The van der Waals surface area contributed by atoms with Crippen LogP contribution in [0.2, 0.25) is 0 Å². The number of amides is 2. The Kier molecular flexibility index (Phi) is 5.42. The van der Waals surface area contributed by atoms with Crippen LogP contribution in [-0.4, -0.2) is 41.1 Å². The van der Waals surface area contributed by atoms with E-state index in [2.05, 4.69) is 19.2 Å². The second-order valence-corrected chi connectivity index (χ2v) is 6.76. The van der Waals surface area contributed by atoms with Crippen LogP contribution in [0.1, 0.15) is 54.4 Å². The number of rotatable bonds is 2. The van der Waals surface area contributed by atoms with Gasteiger partial charge in [-0.25, -0.2) is 4.79 Å². The van der Waals surface area contributed by atoms with E-state index < -0.39 is 11.7 Å². The molecule has 1 fully saturated rings. The van der Waals surface area contributed by atoms with Crippen molar-refractivity contribution in [2.75, 3.05) is 6.54 Å². The van der Waals surface area contributed by atoms with E-state index in [1.807, 2.05) is 25.7 Å². The SMILES string of the molecule is CC(=O)N1C(CNC(=O)OC(C)(C)C)CCC(C)C1C. The number of nitrogens with zero attached hydrogens (tertiary/aromatic N) is 1. The molecule has 3 atom stereocenters. The van der Waals surface area contributed by atoms with Crippen molar-refractivity contribution in [2.24, 2.45) is 5.92 Å². The lowest BCUT2D eigenvalue weighted by Gasteiger charge is -2.43. The second kappa shape index (κ2) is 6.46. The summed E-state index contributed by atoms with van der Waals surface area (Å²) in [6.07, 6.45) is 1.57. The van der Waals surface area contributed by atoms with Gasteiger partial charge in [0.1, 0.15) is 5.60 Å². The van der Waals surface area contributed by atoms with Gasteiger partial charge in [0.25, 0.3) is 0 Å². The predicted molar refractivity (Wildman–Crippen MR) is 78.4 cm³/mol. The van der Waals surface area contributed by atoms with Crippen LogP contribution in [0.4, 0.5) is 4.79 Å². The average molecular weight is 284 g/mol. The van der Waals surface area contributed by atoms with Gasteiger partial charge in [0, 0.05) is 25.6 Å². The minimum atomic E-state index is -0.501. The zero-order chi connectivity index (χ0) is 15.5. The largest absolute Gasteiger partial charge is 0.444 e. The summed E-state index contributed by atoms with van der Waals surface area (Å²) in [6, 6.07) is 0.276. The molecule has 20 heavy (non-hydrogen) atoms. The summed E-state index contributed by atoms with van der Waals surface area (Å²) in [5, 5.41) is 2.77. The molecule has 1 N–H and O–H groups in total. The molecule has 0 bridgehead atoms. The van der Waals surface area contributed by atoms with Gasteiger partial charge in [-0.15, -0.1) is 0 Å². The molecular weight excluding hydrogens is 256 g/mol. The summed E-state index contributed by atoms with van der Waals surface area (Å²) in [5.74, 6) is 0.566. The van der Waals surface area contributed by atoms with Crippen LogP contribution < -0.4 is 5.32 Å². The number of hydrogen-bond acceptors (Lipinski definition) is 3. The lowest BCUT2D eigenvalue weighted by atomic mass is 9.87. The third-order valence-electron chi connectivity index (χ3n) is 3.86. The number of ether oxygens (including phenoxy) is 1. The zero-order valence-corrected chi connectivity index (χ0v) is 13.5. The van der Waals surface area contributed by atoms with Crippen LogP contribution in [-0.2, 0) is 9.53 Å². The van der Waals surface area contributed by atoms with Crippen LogP contribution in [0.5, 0.6) is 0 Å². The normalized spacial score (nSPS) is 27.1. The van der Waals surface area contributed by atoms with E-state index in [9.17, 15) is 9.59 Å². The molecule has 1 saturated heterocycles. The maximum atomic E-state index is 11.8. The molecule has 1 heterocycles. The highest BCUT2D eigenvalue weighted by Crippen LogP contribution is 2.27. The van der Waals surface area contributed by atoms with E-state index in [0.29, 0.717) is 12.5 Å². The van der Waals surface area contributed by atoms with Crippen molar-refractivity contribution >= 4 is 12.0 Å². The Bertz CT molecular complexity index is 363. The molecule has 0 radical (unpaired) electrons. The first-order valence-electron chi connectivity index (χ1n) is 7.37. The molecule has 2 amide bonds. The van der Waals surface area contributed by atoms with E-state index in [1.54, 1.807) is 6.92 Å². The summed E-state index contributed by atoms with van der Waals surface area (Å²) >= 11 is 0. The fourth-order valence-corrected chi connectivity index (χ4v) is 2.70. The third kappa shape index (κ3) is 4.69. The Balaban J connectivity index is 2.57. The zero-order valence-electron chi connectivity index (χ0n) is 13.5. The van der Waals surface area contributed by atoms with Crippen molar-refractivity contribution < 1.29 is 14.3 Å². The Morgan fingerprint density at radius 1 is 1.25 bits per heavy atom. The number of alkyl carbamates (subject to hydrolysis) is 1. The molecule has 0 spiro atoms. The fraction of sp³-hybridized carbons (Fsp3) is 0.867. The van der Waals surface area contributed by atoms with Gasteiger partial charge in [-0.2, -0.15) is 0 Å². The van der Waals surface area contributed by atoms with Crippen LogP contribution in [0.25, 0.3) is 0 Å². The number of nitrogens with one attached hydrogen (secondary N) is 1. The van der Waals surface area contributed by atoms with E-state index in [-0.39, 0.29) is 18.0 Å². The first-order valence-corrected chi connectivity index (χ1v) is 7.37. The topological polar surface area (TPSA) is 58.6 Å².